The van der Waals surface area contributed by atoms with Gasteiger partial charge in [-0.3, -0.25) is 4.79 Å². The molecule has 0 aromatic heterocycles. The number of carboxylic acid groups (broad SMARTS) is 1. The first kappa shape index (κ1) is 12.8. The van der Waals surface area contributed by atoms with Crippen molar-refractivity contribution >= 4 is 5.97 Å². The second-order valence-electron chi connectivity index (χ2n) is 4.46. The third-order valence-corrected chi connectivity index (χ3v) is 3.36. The zero-order chi connectivity index (χ0) is 13.1. The van der Waals surface area contributed by atoms with Gasteiger partial charge in [0.2, 0.25) is 0 Å². The number of rotatable bonds is 4. The van der Waals surface area contributed by atoms with E-state index in [2.05, 4.69) is 5.32 Å². The van der Waals surface area contributed by atoms with Crippen LogP contribution in [0.25, 0.3) is 0 Å². The highest BCUT2D eigenvalue weighted by Gasteiger charge is 2.34. The van der Waals surface area contributed by atoms with Gasteiger partial charge in [-0.2, -0.15) is 0 Å². The molecule has 2 atom stereocenters. The topological polar surface area (TPSA) is 58.6 Å². The van der Waals surface area contributed by atoms with E-state index >= 15 is 0 Å². The number of carbonyl (C=O) groups is 1. The number of ether oxygens (including phenoxy) is 1. The number of halogens is 1. The fourth-order valence-corrected chi connectivity index (χ4v) is 2.50. The van der Waals surface area contributed by atoms with Crippen molar-refractivity contribution in [1.82, 2.24) is 5.32 Å². The molecule has 0 amide bonds. The van der Waals surface area contributed by atoms with Crippen molar-refractivity contribution in [3.05, 3.63) is 29.6 Å². The minimum atomic E-state index is -0.937. The molecule has 0 aliphatic carbocycles. The average Bonchev–Trinajstić information content (AvgIpc) is 2.83. The molecule has 5 heteroatoms. The highest BCUT2D eigenvalue weighted by Crippen LogP contribution is 2.35. The Bertz CT molecular complexity index is 444. The molecule has 1 aliphatic rings. The minimum absolute atomic E-state index is 0.0294. The molecular formula is C13H16FNO3. The van der Waals surface area contributed by atoms with E-state index in [1.807, 2.05) is 0 Å². The molecule has 1 aromatic rings. The summed E-state index contributed by atoms with van der Waals surface area (Å²) < 4.78 is 18.5. The van der Waals surface area contributed by atoms with Crippen LogP contribution in [0.1, 0.15) is 17.9 Å². The van der Waals surface area contributed by atoms with E-state index in [0.717, 1.165) is 13.0 Å². The van der Waals surface area contributed by atoms with Crippen LogP contribution in [-0.2, 0) is 4.79 Å². The Morgan fingerprint density at radius 1 is 1.61 bits per heavy atom. The maximum atomic E-state index is 13.3. The van der Waals surface area contributed by atoms with E-state index in [4.69, 9.17) is 4.74 Å². The Kier molecular flexibility index (Phi) is 3.81. The molecule has 0 saturated carbocycles. The number of methoxy groups -OCH3 is 1. The standard InChI is InChI=1S/C13H16FNO3/c1-18-11-3-2-9(14)6-10(11)12(13(16)17)8-4-5-15-7-8/h2-3,6,8,12,15H,4-5,7H2,1H3,(H,16,17). The summed E-state index contributed by atoms with van der Waals surface area (Å²) in [5, 5.41) is 12.5. The van der Waals surface area contributed by atoms with Gasteiger partial charge in [0.15, 0.2) is 0 Å². The second kappa shape index (κ2) is 5.35. The van der Waals surface area contributed by atoms with Gasteiger partial charge in [-0.25, -0.2) is 4.39 Å². The summed E-state index contributed by atoms with van der Waals surface area (Å²) in [6.45, 7) is 1.43. The highest BCUT2D eigenvalue weighted by atomic mass is 19.1. The highest BCUT2D eigenvalue weighted by molar-refractivity contribution is 5.77. The summed E-state index contributed by atoms with van der Waals surface area (Å²) in [6, 6.07) is 4.01. The Labute approximate surface area is 105 Å². The lowest BCUT2D eigenvalue weighted by Gasteiger charge is -2.21. The van der Waals surface area contributed by atoms with E-state index in [9.17, 15) is 14.3 Å². The van der Waals surface area contributed by atoms with Crippen molar-refractivity contribution < 1.29 is 19.0 Å². The molecule has 2 rings (SSSR count). The van der Waals surface area contributed by atoms with Crippen LogP contribution in [0.5, 0.6) is 5.75 Å². The van der Waals surface area contributed by atoms with Crippen molar-refractivity contribution in [3.8, 4) is 5.75 Å². The normalized spacial score (nSPS) is 20.7. The molecule has 18 heavy (non-hydrogen) atoms. The molecular weight excluding hydrogens is 237 g/mol. The summed E-state index contributed by atoms with van der Waals surface area (Å²) in [7, 11) is 1.46. The van der Waals surface area contributed by atoms with Crippen molar-refractivity contribution in [3.63, 3.8) is 0 Å². The lowest BCUT2D eigenvalue weighted by atomic mass is 9.85. The molecule has 2 N–H and O–H groups in total. The van der Waals surface area contributed by atoms with Crippen LogP contribution in [0.4, 0.5) is 4.39 Å². The smallest absolute Gasteiger partial charge is 0.311 e. The van der Waals surface area contributed by atoms with E-state index < -0.39 is 17.7 Å². The maximum absolute atomic E-state index is 13.3. The van der Waals surface area contributed by atoms with E-state index in [1.54, 1.807) is 0 Å². The number of hydrogen-bond donors (Lipinski definition) is 2. The Balaban J connectivity index is 2.40. The van der Waals surface area contributed by atoms with Crippen LogP contribution in [0.15, 0.2) is 18.2 Å². The molecule has 0 radical (unpaired) electrons. The summed E-state index contributed by atoms with van der Waals surface area (Å²) in [4.78, 5) is 11.5. The summed E-state index contributed by atoms with van der Waals surface area (Å²) in [6.07, 6.45) is 0.774. The van der Waals surface area contributed by atoms with Crippen LogP contribution in [0.3, 0.4) is 0 Å². The minimum Gasteiger partial charge on any atom is -0.496 e. The van der Waals surface area contributed by atoms with Gasteiger partial charge in [-0.15, -0.1) is 0 Å². The Morgan fingerprint density at radius 3 is 2.94 bits per heavy atom. The monoisotopic (exact) mass is 253 g/mol. The van der Waals surface area contributed by atoms with Crippen LogP contribution < -0.4 is 10.1 Å². The first-order valence-electron chi connectivity index (χ1n) is 5.90. The van der Waals surface area contributed by atoms with Crippen LogP contribution in [0.2, 0.25) is 0 Å². The van der Waals surface area contributed by atoms with Gasteiger partial charge in [0.25, 0.3) is 0 Å². The summed E-state index contributed by atoms with van der Waals surface area (Å²) >= 11 is 0. The molecule has 1 aromatic carbocycles. The molecule has 1 fully saturated rings. The van der Waals surface area contributed by atoms with Crippen LogP contribution in [0, 0.1) is 11.7 Å². The van der Waals surface area contributed by atoms with Gasteiger partial charge in [0.1, 0.15) is 11.6 Å². The third kappa shape index (κ3) is 2.46. The third-order valence-electron chi connectivity index (χ3n) is 3.36. The van der Waals surface area contributed by atoms with Crippen molar-refractivity contribution in [2.75, 3.05) is 20.2 Å². The lowest BCUT2D eigenvalue weighted by Crippen LogP contribution is -2.24. The first-order valence-corrected chi connectivity index (χ1v) is 5.90. The quantitative estimate of drug-likeness (QED) is 0.856. The Morgan fingerprint density at radius 2 is 2.39 bits per heavy atom. The molecule has 0 bridgehead atoms. The van der Waals surface area contributed by atoms with Gasteiger partial charge >= 0.3 is 5.97 Å². The molecule has 4 nitrogen and oxygen atoms in total. The predicted molar refractivity (Wildman–Crippen MR) is 64.3 cm³/mol. The number of benzene rings is 1. The molecule has 1 aliphatic heterocycles. The Hall–Kier alpha value is -1.62. The number of hydrogen-bond acceptors (Lipinski definition) is 3. The van der Waals surface area contributed by atoms with Crippen molar-refractivity contribution in [2.24, 2.45) is 5.92 Å². The predicted octanol–water partition coefficient (Wildman–Crippen LogP) is 1.61. The zero-order valence-corrected chi connectivity index (χ0v) is 10.1. The fraction of sp³-hybridized carbons (Fsp3) is 0.462. The summed E-state index contributed by atoms with van der Waals surface area (Å²) in [5.74, 6) is -1.71. The summed E-state index contributed by atoms with van der Waals surface area (Å²) in [5.41, 5.74) is 0.415. The largest absolute Gasteiger partial charge is 0.496 e. The van der Waals surface area contributed by atoms with Gasteiger partial charge in [0.05, 0.1) is 13.0 Å². The maximum Gasteiger partial charge on any atom is 0.311 e. The van der Waals surface area contributed by atoms with Gasteiger partial charge < -0.3 is 15.2 Å². The van der Waals surface area contributed by atoms with Crippen LogP contribution >= 0.6 is 0 Å². The SMILES string of the molecule is COc1ccc(F)cc1C(C(=O)O)C1CCNC1. The van der Waals surface area contributed by atoms with Crippen molar-refractivity contribution in [1.29, 1.82) is 0 Å². The second-order valence-corrected chi connectivity index (χ2v) is 4.46. The number of carboxylic acids is 1. The molecule has 2 unspecified atom stereocenters. The zero-order valence-electron chi connectivity index (χ0n) is 10.1. The first-order chi connectivity index (χ1) is 8.63. The number of aliphatic carboxylic acids is 1. The number of nitrogens with one attached hydrogen (secondary N) is 1. The molecule has 1 saturated heterocycles. The lowest BCUT2D eigenvalue weighted by molar-refractivity contribution is -0.140. The average molecular weight is 253 g/mol. The molecule has 0 spiro atoms. The van der Waals surface area contributed by atoms with E-state index in [0.29, 0.717) is 17.9 Å². The van der Waals surface area contributed by atoms with Crippen molar-refractivity contribution in [2.45, 2.75) is 12.3 Å². The van der Waals surface area contributed by atoms with Gasteiger partial charge in [-0.1, -0.05) is 0 Å². The van der Waals surface area contributed by atoms with Crippen LogP contribution in [-0.4, -0.2) is 31.3 Å². The molecule has 1 heterocycles. The van der Waals surface area contributed by atoms with E-state index in [-0.39, 0.29) is 5.92 Å². The van der Waals surface area contributed by atoms with Gasteiger partial charge in [-0.05, 0) is 43.6 Å². The molecule has 98 valence electrons. The fourth-order valence-electron chi connectivity index (χ4n) is 2.50. The van der Waals surface area contributed by atoms with E-state index in [1.165, 1.54) is 25.3 Å². The van der Waals surface area contributed by atoms with Gasteiger partial charge in [0, 0.05) is 5.56 Å².